The number of aryl methyl sites for hydroxylation is 1. The lowest BCUT2D eigenvalue weighted by molar-refractivity contribution is -0.123. The summed E-state index contributed by atoms with van der Waals surface area (Å²) in [7, 11) is 0. The third kappa shape index (κ3) is 5.00. The van der Waals surface area contributed by atoms with Crippen LogP contribution in [0.3, 0.4) is 0 Å². The zero-order chi connectivity index (χ0) is 20.2. The molecule has 0 aliphatic carbocycles. The van der Waals surface area contributed by atoms with E-state index in [4.69, 9.17) is 14.9 Å². The molecule has 6 heteroatoms. The average Bonchev–Trinajstić information content (AvgIpc) is 3.07. The van der Waals surface area contributed by atoms with Gasteiger partial charge in [-0.3, -0.25) is 14.6 Å². The van der Waals surface area contributed by atoms with Gasteiger partial charge in [0.25, 0.3) is 0 Å². The number of primary amides is 1. The van der Waals surface area contributed by atoms with E-state index in [2.05, 4.69) is 47.1 Å². The molecule has 2 aliphatic heterocycles. The molecule has 3 heterocycles. The molecule has 1 saturated heterocycles. The number of carbonyl (C=O) groups excluding carboxylic acids is 1. The van der Waals surface area contributed by atoms with Gasteiger partial charge in [0.05, 0.1) is 12.5 Å². The summed E-state index contributed by atoms with van der Waals surface area (Å²) in [4.78, 5) is 16.3. The Morgan fingerprint density at radius 2 is 2.00 bits per heavy atom. The van der Waals surface area contributed by atoms with E-state index in [0.29, 0.717) is 6.61 Å². The number of nitrogens with zero attached hydrogens (tertiary/aromatic N) is 2. The summed E-state index contributed by atoms with van der Waals surface area (Å²) < 4.78 is 11.9. The van der Waals surface area contributed by atoms with E-state index in [0.717, 1.165) is 75.8 Å². The standard InChI is InChI=1S/C23H31N3O3/c1-2-20-6-7-21(29-20)16-26-10-11-28-22-8-5-17(12-19(22)15-26)13-25-9-3-4-18(14-25)23(24)27/h5-8,12,18H,2-4,9-11,13-16H2,1H3,(H2,24,27). The molecule has 0 saturated carbocycles. The number of likely N-dealkylation sites (tertiary alicyclic amines) is 1. The normalized spacial score (nSPS) is 20.7. The Morgan fingerprint density at radius 1 is 1.14 bits per heavy atom. The molecule has 1 aromatic carbocycles. The van der Waals surface area contributed by atoms with Crippen LogP contribution in [-0.2, 0) is 30.8 Å². The predicted molar refractivity (Wildman–Crippen MR) is 111 cm³/mol. The summed E-state index contributed by atoms with van der Waals surface area (Å²) in [5.74, 6) is 2.81. The minimum absolute atomic E-state index is 0.0234. The van der Waals surface area contributed by atoms with Crippen molar-refractivity contribution < 1.29 is 13.9 Å². The lowest BCUT2D eigenvalue weighted by atomic mass is 9.97. The van der Waals surface area contributed by atoms with Gasteiger partial charge in [-0.1, -0.05) is 13.0 Å². The predicted octanol–water partition coefficient (Wildman–Crippen LogP) is 2.93. The van der Waals surface area contributed by atoms with Crippen molar-refractivity contribution in [1.29, 1.82) is 0 Å². The van der Waals surface area contributed by atoms with Crippen molar-refractivity contribution in [2.24, 2.45) is 11.7 Å². The van der Waals surface area contributed by atoms with Crippen LogP contribution in [0.2, 0.25) is 0 Å². The van der Waals surface area contributed by atoms with Gasteiger partial charge in [0.1, 0.15) is 23.9 Å². The lowest BCUT2D eigenvalue weighted by Gasteiger charge is -2.31. The van der Waals surface area contributed by atoms with Crippen molar-refractivity contribution in [3.63, 3.8) is 0 Å². The Bertz CT molecular complexity index is 848. The molecule has 0 spiro atoms. The SMILES string of the molecule is CCc1ccc(CN2CCOc3ccc(CN4CCCC(C(N)=O)C4)cc3C2)o1. The number of nitrogens with two attached hydrogens (primary N) is 1. The van der Waals surface area contributed by atoms with E-state index >= 15 is 0 Å². The Hall–Kier alpha value is -2.31. The molecule has 0 bridgehead atoms. The van der Waals surface area contributed by atoms with Gasteiger partial charge in [0.2, 0.25) is 5.91 Å². The first-order chi connectivity index (χ1) is 14.1. The maximum absolute atomic E-state index is 11.6. The molecule has 1 amide bonds. The molecule has 4 rings (SSSR count). The maximum atomic E-state index is 11.6. The third-order valence-corrected chi connectivity index (χ3v) is 5.94. The Kier molecular flexibility index (Phi) is 6.21. The molecule has 2 N–H and O–H groups in total. The fraction of sp³-hybridized carbons (Fsp3) is 0.522. The molecule has 29 heavy (non-hydrogen) atoms. The van der Waals surface area contributed by atoms with Gasteiger partial charge in [-0.15, -0.1) is 0 Å². The van der Waals surface area contributed by atoms with Crippen molar-refractivity contribution in [1.82, 2.24) is 9.80 Å². The number of rotatable bonds is 6. The average molecular weight is 398 g/mol. The summed E-state index contributed by atoms with van der Waals surface area (Å²) in [6, 6.07) is 10.6. The number of hydrogen-bond acceptors (Lipinski definition) is 5. The molecule has 1 aromatic heterocycles. The summed E-state index contributed by atoms with van der Waals surface area (Å²) in [6.45, 7) is 7.91. The van der Waals surface area contributed by atoms with Crippen molar-refractivity contribution >= 4 is 5.91 Å². The van der Waals surface area contributed by atoms with E-state index in [9.17, 15) is 4.79 Å². The van der Waals surface area contributed by atoms with E-state index in [1.165, 1.54) is 11.1 Å². The molecule has 0 radical (unpaired) electrons. The van der Waals surface area contributed by atoms with Crippen LogP contribution in [-0.4, -0.2) is 41.9 Å². The van der Waals surface area contributed by atoms with Crippen LogP contribution in [0.25, 0.3) is 0 Å². The first kappa shape index (κ1) is 20.0. The molecule has 6 nitrogen and oxygen atoms in total. The van der Waals surface area contributed by atoms with Gasteiger partial charge >= 0.3 is 0 Å². The van der Waals surface area contributed by atoms with Crippen molar-refractivity contribution in [3.8, 4) is 5.75 Å². The zero-order valence-corrected chi connectivity index (χ0v) is 17.2. The molecule has 2 aromatic rings. The number of benzene rings is 1. The number of piperidine rings is 1. The molecular weight excluding hydrogens is 366 g/mol. The monoisotopic (exact) mass is 397 g/mol. The zero-order valence-electron chi connectivity index (χ0n) is 17.2. The fourth-order valence-electron chi connectivity index (χ4n) is 4.34. The smallest absolute Gasteiger partial charge is 0.221 e. The second kappa shape index (κ2) is 9.01. The van der Waals surface area contributed by atoms with Gasteiger partial charge in [-0.05, 0) is 49.2 Å². The van der Waals surface area contributed by atoms with Crippen molar-refractivity contribution in [3.05, 3.63) is 53.0 Å². The Labute approximate surface area is 172 Å². The fourth-order valence-corrected chi connectivity index (χ4v) is 4.34. The van der Waals surface area contributed by atoms with Crippen molar-refractivity contribution in [2.75, 3.05) is 26.2 Å². The third-order valence-electron chi connectivity index (χ3n) is 5.94. The molecular formula is C23H31N3O3. The second-order valence-corrected chi connectivity index (χ2v) is 8.20. The van der Waals surface area contributed by atoms with Gasteiger partial charge in [0.15, 0.2) is 0 Å². The van der Waals surface area contributed by atoms with E-state index in [1.807, 2.05) is 0 Å². The highest BCUT2D eigenvalue weighted by Gasteiger charge is 2.24. The van der Waals surface area contributed by atoms with Crippen LogP contribution in [0.15, 0.2) is 34.7 Å². The quantitative estimate of drug-likeness (QED) is 0.811. The van der Waals surface area contributed by atoms with Gasteiger partial charge in [0, 0.05) is 38.2 Å². The maximum Gasteiger partial charge on any atom is 0.221 e. The topological polar surface area (TPSA) is 71.9 Å². The summed E-state index contributed by atoms with van der Waals surface area (Å²) in [5.41, 5.74) is 7.99. The highest BCUT2D eigenvalue weighted by Crippen LogP contribution is 2.27. The number of fused-ring (bicyclic) bond motifs is 1. The van der Waals surface area contributed by atoms with Gasteiger partial charge < -0.3 is 14.9 Å². The Morgan fingerprint density at radius 3 is 2.79 bits per heavy atom. The molecule has 1 fully saturated rings. The molecule has 156 valence electrons. The number of carbonyl (C=O) groups is 1. The number of ether oxygens (including phenoxy) is 1. The first-order valence-corrected chi connectivity index (χ1v) is 10.7. The van der Waals surface area contributed by atoms with Crippen LogP contribution in [0.1, 0.15) is 42.4 Å². The number of furan rings is 1. The van der Waals surface area contributed by atoms with Crippen LogP contribution in [0.4, 0.5) is 0 Å². The lowest BCUT2D eigenvalue weighted by Crippen LogP contribution is -2.40. The summed E-state index contributed by atoms with van der Waals surface area (Å²) in [5, 5.41) is 0. The van der Waals surface area contributed by atoms with E-state index in [-0.39, 0.29) is 11.8 Å². The highest BCUT2D eigenvalue weighted by atomic mass is 16.5. The van der Waals surface area contributed by atoms with Gasteiger partial charge in [-0.2, -0.15) is 0 Å². The van der Waals surface area contributed by atoms with E-state index in [1.54, 1.807) is 0 Å². The molecule has 1 atom stereocenters. The van der Waals surface area contributed by atoms with Gasteiger partial charge in [-0.25, -0.2) is 0 Å². The Balaban J connectivity index is 1.43. The number of amides is 1. The highest BCUT2D eigenvalue weighted by molar-refractivity contribution is 5.76. The van der Waals surface area contributed by atoms with Crippen LogP contribution >= 0.6 is 0 Å². The van der Waals surface area contributed by atoms with Crippen LogP contribution in [0.5, 0.6) is 5.75 Å². The minimum atomic E-state index is -0.176. The van der Waals surface area contributed by atoms with Crippen molar-refractivity contribution in [2.45, 2.75) is 45.8 Å². The molecule has 1 unspecified atom stereocenters. The first-order valence-electron chi connectivity index (χ1n) is 10.7. The largest absolute Gasteiger partial charge is 0.492 e. The van der Waals surface area contributed by atoms with E-state index < -0.39 is 0 Å². The summed E-state index contributed by atoms with van der Waals surface area (Å²) in [6.07, 6.45) is 2.85. The second-order valence-electron chi connectivity index (χ2n) is 8.20. The molecule has 2 aliphatic rings. The van der Waals surface area contributed by atoms with Crippen LogP contribution < -0.4 is 10.5 Å². The minimum Gasteiger partial charge on any atom is -0.492 e. The summed E-state index contributed by atoms with van der Waals surface area (Å²) >= 11 is 0. The number of hydrogen-bond donors (Lipinski definition) is 1. The van der Waals surface area contributed by atoms with Crippen LogP contribution in [0, 0.1) is 5.92 Å².